The third-order valence-corrected chi connectivity index (χ3v) is 2.53. The predicted molar refractivity (Wildman–Crippen MR) is 79.5 cm³/mol. The zero-order valence-electron chi connectivity index (χ0n) is 11.9. The van der Waals surface area contributed by atoms with Crippen molar-refractivity contribution in [3.8, 4) is 11.5 Å². The molecule has 5 heteroatoms. The van der Waals surface area contributed by atoms with Crippen LogP contribution in [0.5, 0.6) is 11.5 Å². The molecule has 0 radical (unpaired) electrons. The van der Waals surface area contributed by atoms with Gasteiger partial charge in [-0.2, -0.15) is 10.2 Å². The van der Waals surface area contributed by atoms with Gasteiger partial charge in [-0.05, 0) is 55.5 Å². The molecule has 0 aliphatic rings. The van der Waals surface area contributed by atoms with Gasteiger partial charge in [0, 0.05) is 6.92 Å². The molecular formula is C16H16N2O3. The minimum absolute atomic E-state index is 0.348. The molecule has 0 amide bonds. The minimum atomic E-state index is -0.348. The largest absolute Gasteiger partial charge is 0.494 e. The number of ether oxygens (including phenoxy) is 2. The molecule has 0 saturated heterocycles. The summed E-state index contributed by atoms with van der Waals surface area (Å²) in [7, 11) is 0. The maximum atomic E-state index is 10.8. The van der Waals surface area contributed by atoms with Crippen molar-refractivity contribution in [2.24, 2.45) is 10.2 Å². The summed E-state index contributed by atoms with van der Waals surface area (Å²) in [5, 5.41) is 8.25. The molecule has 0 heterocycles. The number of carbonyl (C=O) groups is 1. The Kier molecular flexibility index (Phi) is 5.04. The molecule has 108 valence electrons. The highest BCUT2D eigenvalue weighted by Gasteiger charge is 1.98. The molecule has 0 aliphatic carbocycles. The van der Waals surface area contributed by atoms with Gasteiger partial charge in [-0.25, -0.2) is 0 Å². The lowest BCUT2D eigenvalue weighted by Gasteiger charge is -2.02. The summed E-state index contributed by atoms with van der Waals surface area (Å²) >= 11 is 0. The first-order chi connectivity index (χ1) is 10.2. The van der Waals surface area contributed by atoms with Crippen LogP contribution >= 0.6 is 0 Å². The number of nitrogens with zero attached hydrogens (tertiary/aromatic N) is 2. The lowest BCUT2D eigenvalue weighted by Crippen LogP contribution is -2.00. The van der Waals surface area contributed by atoms with Crippen molar-refractivity contribution >= 4 is 17.3 Å². The molecule has 0 spiro atoms. The van der Waals surface area contributed by atoms with E-state index in [9.17, 15) is 4.79 Å². The molecule has 0 atom stereocenters. The molecule has 2 aromatic carbocycles. The summed E-state index contributed by atoms with van der Waals surface area (Å²) in [6, 6.07) is 14.2. The summed E-state index contributed by atoms with van der Waals surface area (Å²) in [5.74, 6) is 0.948. The smallest absolute Gasteiger partial charge is 0.308 e. The van der Waals surface area contributed by atoms with Crippen molar-refractivity contribution in [1.29, 1.82) is 0 Å². The summed E-state index contributed by atoms with van der Waals surface area (Å²) in [5.41, 5.74) is 1.42. The van der Waals surface area contributed by atoms with Crippen LogP contribution in [-0.4, -0.2) is 12.6 Å². The monoisotopic (exact) mass is 284 g/mol. The summed E-state index contributed by atoms with van der Waals surface area (Å²) in [6.07, 6.45) is 0. The van der Waals surface area contributed by atoms with Gasteiger partial charge in [0.05, 0.1) is 18.0 Å². The first kappa shape index (κ1) is 14.7. The molecule has 0 aliphatic heterocycles. The summed E-state index contributed by atoms with van der Waals surface area (Å²) in [6.45, 7) is 3.93. The lowest BCUT2D eigenvalue weighted by molar-refractivity contribution is -0.131. The van der Waals surface area contributed by atoms with Gasteiger partial charge in [0.15, 0.2) is 0 Å². The molecule has 2 aromatic rings. The van der Waals surface area contributed by atoms with Crippen molar-refractivity contribution < 1.29 is 14.3 Å². The van der Waals surface area contributed by atoms with E-state index in [4.69, 9.17) is 9.47 Å². The average molecular weight is 284 g/mol. The quantitative estimate of drug-likeness (QED) is 0.463. The third kappa shape index (κ3) is 4.72. The van der Waals surface area contributed by atoms with Crippen LogP contribution in [0.4, 0.5) is 11.4 Å². The number of benzene rings is 2. The zero-order chi connectivity index (χ0) is 15.1. The molecule has 0 saturated carbocycles. The molecule has 0 unspecified atom stereocenters. The van der Waals surface area contributed by atoms with Crippen molar-refractivity contribution in [3.63, 3.8) is 0 Å². The van der Waals surface area contributed by atoms with Gasteiger partial charge in [-0.3, -0.25) is 4.79 Å². The van der Waals surface area contributed by atoms with Gasteiger partial charge in [0.2, 0.25) is 0 Å². The Morgan fingerprint density at radius 1 is 0.905 bits per heavy atom. The second kappa shape index (κ2) is 7.19. The maximum absolute atomic E-state index is 10.8. The minimum Gasteiger partial charge on any atom is -0.494 e. The van der Waals surface area contributed by atoms with Crippen LogP contribution in [0.15, 0.2) is 58.8 Å². The molecule has 0 aromatic heterocycles. The van der Waals surface area contributed by atoms with E-state index < -0.39 is 0 Å². The molecule has 2 rings (SSSR count). The van der Waals surface area contributed by atoms with E-state index in [-0.39, 0.29) is 5.97 Å². The van der Waals surface area contributed by atoms with Gasteiger partial charge in [-0.1, -0.05) is 0 Å². The maximum Gasteiger partial charge on any atom is 0.308 e. The number of azo groups is 1. The standard InChI is InChI=1S/C16H16N2O3/c1-3-20-15-8-4-13(5-9-15)17-18-14-6-10-16(11-7-14)21-12(2)19/h4-11H,3H2,1-2H3/b18-17+. The van der Waals surface area contributed by atoms with E-state index in [1.165, 1.54) is 6.92 Å². The van der Waals surface area contributed by atoms with E-state index in [0.717, 1.165) is 11.4 Å². The van der Waals surface area contributed by atoms with Crippen LogP contribution in [0.1, 0.15) is 13.8 Å². The molecular weight excluding hydrogens is 268 g/mol. The predicted octanol–water partition coefficient (Wildman–Crippen LogP) is 4.43. The average Bonchev–Trinajstić information content (AvgIpc) is 2.48. The normalized spacial score (nSPS) is 10.6. The summed E-state index contributed by atoms with van der Waals surface area (Å²) < 4.78 is 10.3. The van der Waals surface area contributed by atoms with Gasteiger partial charge >= 0.3 is 5.97 Å². The first-order valence-corrected chi connectivity index (χ1v) is 6.60. The van der Waals surface area contributed by atoms with Crippen molar-refractivity contribution in [2.45, 2.75) is 13.8 Å². The second-order valence-electron chi connectivity index (χ2n) is 4.21. The van der Waals surface area contributed by atoms with Crippen molar-refractivity contribution in [2.75, 3.05) is 6.61 Å². The van der Waals surface area contributed by atoms with Gasteiger partial charge in [-0.15, -0.1) is 0 Å². The van der Waals surface area contributed by atoms with E-state index in [1.807, 2.05) is 31.2 Å². The Bertz CT molecular complexity index is 619. The first-order valence-electron chi connectivity index (χ1n) is 6.60. The summed E-state index contributed by atoms with van der Waals surface area (Å²) in [4.78, 5) is 10.8. The fraction of sp³-hybridized carbons (Fsp3) is 0.188. The fourth-order valence-electron chi connectivity index (χ4n) is 1.64. The van der Waals surface area contributed by atoms with Gasteiger partial charge in [0.25, 0.3) is 0 Å². The van der Waals surface area contributed by atoms with E-state index in [1.54, 1.807) is 24.3 Å². The highest BCUT2D eigenvalue weighted by atomic mass is 16.5. The Balaban J connectivity index is 2.01. The molecule has 0 N–H and O–H groups in total. The number of hydrogen-bond donors (Lipinski definition) is 0. The van der Waals surface area contributed by atoms with Crippen LogP contribution in [-0.2, 0) is 4.79 Å². The van der Waals surface area contributed by atoms with Crippen LogP contribution < -0.4 is 9.47 Å². The van der Waals surface area contributed by atoms with Gasteiger partial charge < -0.3 is 9.47 Å². The Morgan fingerprint density at radius 2 is 1.38 bits per heavy atom. The Morgan fingerprint density at radius 3 is 1.81 bits per heavy atom. The third-order valence-electron chi connectivity index (χ3n) is 2.53. The van der Waals surface area contributed by atoms with Crippen LogP contribution in [0.3, 0.4) is 0 Å². The second-order valence-corrected chi connectivity index (χ2v) is 4.21. The lowest BCUT2D eigenvalue weighted by atomic mass is 10.3. The van der Waals surface area contributed by atoms with Crippen molar-refractivity contribution in [1.82, 2.24) is 0 Å². The highest BCUT2D eigenvalue weighted by molar-refractivity contribution is 5.69. The Labute approximate surface area is 123 Å². The molecule has 21 heavy (non-hydrogen) atoms. The number of rotatable bonds is 5. The fourth-order valence-corrected chi connectivity index (χ4v) is 1.64. The Hall–Kier alpha value is -2.69. The van der Waals surface area contributed by atoms with E-state index in [0.29, 0.717) is 18.0 Å². The molecule has 0 fully saturated rings. The SMILES string of the molecule is CCOc1ccc(/N=N/c2ccc(OC(C)=O)cc2)cc1. The van der Waals surface area contributed by atoms with Gasteiger partial charge in [0.1, 0.15) is 11.5 Å². The highest BCUT2D eigenvalue weighted by Crippen LogP contribution is 2.23. The number of carbonyl (C=O) groups excluding carboxylic acids is 1. The number of esters is 1. The van der Waals surface area contributed by atoms with Crippen LogP contribution in [0.2, 0.25) is 0 Å². The zero-order valence-corrected chi connectivity index (χ0v) is 11.9. The van der Waals surface area contributed by atoms with Crippen LogP contribution in [0, 0.1) is 0 Å². The van der Waals surface area contributed by atoms with Crippen LogP contribution in [0.25, 0.3) is 0 Å². The van der Waals surface area contributed by atoms with E-state index in [2.05, 4.69) is 10.2 Å². The molecule has 0 bridgehead atoms. The van der Waals surface area contributed by atoms with E-state index >= 15 is 0 Å². The number of hydrogen-bond acceptors (Lipinski definition) is 5. The molecule has 5 nitrogen and oxygen atoms in total. The van der Waals surface area contributed by atoms with Crippen molar-refractivity contribution in [3.05, 3.63) is 48.5 Å². The topological polar surface area (TPSA) is 60.3 Å².